The number of amides is 1. The summed E-state index contributed by atoms with van der Waals surface area (Å²) < 4.78 is 51.3. The lowest BCUT2D eigenvalue weighted by Crippen LogP contribution is -2.41. The van der Waals surface area contributed by atoms with Gasteiger partial charge in [0.2, 0.25) is 5.91 Å². The van der Waals surface area contributed by atoms with Crippen molar-refractivity contribution in [2.24, 2.45) is 11.7 Å². The summed E-state index contributed by atoms with van der Waals surface area (Å²) >= 11 is 0. The Hall–Kier alpha value is -4.06. The molecule has 0 bridgehead atoms. The summed E-state index contributed by atoms with van der Waals surface area (Å²) in [5.41, 5.74) is 11.7. The molecular weight excluding hydrogens is 738 g/mol. The molecule has 3 aromatic rings. The number of pyridine rings is 1. The number of anilines is 1. The van der Waals surface area contributed by atoms with Crippen LogP contribution in [0.15, 0.2) is 61.2 Å². The first-order valence-electron chi connectivity index (χ1n) is 15.1. The molecule has 1 amide bonds. The van der Waals surface area contributed by atoms with Crippen LogP contribution in [0.5, 0.6) is 0 Å². The van der Waals surface area contributed by atoms with E-state index >= 15 is 0 Å². The second kappa shape index (κ2) is 14.8. The summed E-state index contributed by atoms with van der Waals surface area (Å²) in [5.74, 6) is -2.48. The molecule has 10 N–H and O–H groups in total. The van der Waals surface area contributed by atoms with Gasteiger partial charge in [-0.15, -0.1) is 0 Å². The van der Waals surface area contributed by atoms with Crippen LogP contribution in [0.3, 0.4) is 0 Å². The minimum atomic E-state index is -5.45. The fourth-order valence-electron chi connectivity index (χ4n) is 5.65. The smallest absolute Gasteiger partial charge is 0.387 e. The largest absolute Gasteiger partial charge is 0.481 e. The van der Waals surface area contributed by atoms with E-state index in [1.165, 1.54) is 47.7 Å². The molecule has 23 nitrogen and oxygen atoms in total. The Labute approximate surface area is 291 Å². The SMILES string of the molecule is NC(=O)C1=CN([C@@H]2O[C@H](COP(=O)(O)OP(=O)(O)OC[C@H]3O[C@@H](n4cnc5c(N)ncnc54)[C@H](O)[C@@H]3O)[C@@H](O)[C@H]2O)C=C[C@@H]1C(=O)c1ccncc1. The van der Waals surface area contributed by atoms with Crippen LogP contribution in [0, 0.1) is 5.92 Å². The van der Waals surface area contributed by atoms with E-state index in [1.54, 1.807) is 0 Å². The molecule has 6 heterocycles. The molecule has 3 aliphatic heterocycles. The maximum atomic E-state index is 13.0. The number of carbonyl (C=O) groups is 2. The molecule has 11 atom stereocenters. The fraction of sp³-hybridized carbons (Fsp3) is 0.407. The number of aliphatic hydroxyl groups excluding tert-OH is 4. The number of fused-ring (bicyclic) bond motifs is 1. The number of primary amides is 1. The number of nitrogen functional groups attached to an aromatic ring is 1. The number of nitrogens with zero attached hydrogens (tertiary/aromatic N) is 6. The second-order valence-electron chi connectivity index (χ2n) is 11.6. The number of ether oxygens (including phenoxy) is 2. The second-order valence-corrected chi connectivity index (χ2v) is 14.6. The van der Waals surface area contributed by atoms with Crippen LogP contribution >= 0.6 is 15.6 Å². The molecule has 2 saturated heterocycles. The Morgan fingerprint density at radius 2 is 1.48 bits per heavy atom. The first kappa shape index (κ1) is 37.7. The quantitative estimate of drug-likeness (QED) is 0.0676. The van der Waals surface area contributed by atoms with E-state index in [9.17, 15) is 48.9 Å². The minimum Gasteiger partial charge on any atom is -0.387 e. The molecule has 3 aromatic heterocycles. The lowest BCUT2D eigenvalue weighted by molar-refractivity contribution is -0.115. The van der Waals surface area contributed by atoms with Crippen molar-refractivity contribution in [2.75, 3.05) is 18.9 Å². The summed E-state index contributed by atoms with van der Waals surface area (Å²) in [6, 6.07) is 2.90. The molecule has 0 saturated carbocycles. The maximum absolute atomic E-state index is 13.0. The van der Waals surface area contributed by atoms with E-state index in [0.717, 1.165) is 17.4 Å². The number of imidazole rings is 1. The summed E-state index contributed by atoms with van der Waals surface area (Å²) in [6.45, 7) is -1.90. The molecule has 280 valence electrons. The van der Waals surface area contributed by atoms with Crippen LogP contribution in [0.1, 0.15) is 16.6 Å². The highest BCUT2D eigenvalue weighted by atomic mass is 31.3. The van der Waals surface area contributed by atoms with Gasteiger partial charge in [0.15, 0.2) is 29.7 Å². The van der Waals surface area contributed by atoms with Crippen LogP contribution in [-0.2, 0) is 36.8 Å². The molecular formula is C27H32N8O15P2. The number of phosphoric ester groups is 2. The third-order valence-electron chi connectivity index (χ3n) is 8.25. The molecule has 3 aliphatic rings. The normalized spacial score (nSPS) is 31.3. The molecule has 2 unspecified atom stereocenters. The highest BCUT2D eigenvalue weighted by Crippen LogP contribution is 2.60. The van der Waals surface area contributed by atoms with E-state index in [2.05, 4.69) is 24.2 Å². The molecule has 0 radical (unpaired) electrons. The number of hydrogen-bond acceptors (Lipinski definition) is 19. The Morgan fingerprint density at radius 1 is 0.885 bits per heavy atom. The average molecular weight is 771 g/mol. The number of Topliss-reactive ketones (excluding diaryl/α,β-unsaturated/α-hetero) is 1. The van der Waals surface area contributed by atoms with Crippen LogP contribution in [0.4, 0.5) is 5.82 Å². The van der Waals surface area contributed by atoms with Crippen LogP contribution < -0.4 is 11.5 Å². The Morgan fingerprint density at radius 3 is 2.10 bits per heavy atom. The number of nitrogens with two attached hydrogens (primary N) is 2. The Bertz CT molecular complexity index is 1980. The van der Waals surface area contributed by atoms with E-state index in [0.29, 0.717) is 0 Å². The van der Waals surface area contributed by atoms with Gasteiger partial charge in [-0.3, -0.25) is 28.2 Å². The number of phosphoric acid groups is 2. The van der Waals surface area contributed by atoms with Crippen molar-refractivity contribution < 1.29 is 71.8 Å². The van der Waals surface area contributed by atoms with Crippen molar-refractivity contribution in [3.63, 3.8) is 0 Å². The van der Waals surface area contributed by atoms with Crippen molar-refractivity contribution in [1.82, 2.24) is 29.4 Å². The van der Waals surface area contributed by atoms with Crippen molar-refractivity contribution in [3.8, 4) is 0 Å². The van der Waals surface area contributed by atoms with Gasteiger partial charge in [-0.1, -0.05) is 6.08 Å². The third kappa shape index (κ3) is 7.68. The number of aromatic nitrogens is 5. The van der Waals surface area contributed by atoms with Crippen LogP contribution in [0.2, 0.25) is 0 Å². The molecule has 0 spiro atoms. The highest BCUT2D eigenvalue weighted by molar-refractivity contribution is 7.61. The van der Waals surface area contributed by atoms with Crippen LogP contribution in [-0.4, -0.2) is 127 Å². The number of rotatable bonds is 13. The van der Waals surface area contributed by atoms with E-state index < -0.39 is 95.5 Å². The van der Waals surface area contributed by atoms with Gasteiger partial charge in [0, 0.05) is 35.9 Å². The molecule has 0 aliphatic carbocycles. The van der Waals surface area contributed by atoms with Gasteiger partial charge in [0.05, 0.1) is 25.5 Å². The Balaban J connectivity index is 1.03. The summed E-state index contributed by atoms with van der Waals surface area (Å²) in [7, 11) is -10.9. The third-order valence-corrected chi connectivity index (χ3v) is 10.8. The number of allylic oxidation sites excluding steroid dienone is 1. The molecule has 52 heavy (non-hydrogen) atoms. The predicted octanol–water partition coefficient (Wildman–Crippen LogP) is -2.18. The van der Waals surface area contributed by atoms with E-state index in [-0.39, 0.29) is 28.1 Å². The van der Waals surface area contributed by atoms with E-state index in [1.807, 2.05) is 0 Å². The minimum absolute atomic E-state index is 0.0378. The number of aliphatic hydroxyl groups is 4. The molecule has 6 rings (SSSR count). The number of hydrogen-bond donors (Lipinski definition) is 8. The predicted molar refractivity (Wildman–Crippen MR) is 169 cm³/mol. The molecule has 25 heteroatoms. The zero-order valence-corrected chi connectivity index (χ0v) is 28.2. The lowest BCUT2D eigenvalue weighted by atomic mass is 9.89. The van der Waals surface area contributed by atoms with Gasteiger partial charge in [-0.05, 0) is 12.1 Å². The number of carbonyl (C=O) groups excluding carboxylic acids is 2. The zero-order chi connectivity index (χ0) is 37.5. The highest BCUT2D eigenvalue weighted by Gasteiger charge is 2.49. The molecule has 2 fully saturated rings. The van der Waals surface area contributed by atoms with Crippen molar-refractivity contribution >= 4 is 44.3 Å². The summed E-state index contributed by atoms with van der Waals surface area (Å²) in [4.78, 5) is 62.4. The van der Waals surface area contributed by atoms with Crippen molar-refractivity contribution in [2.45, 2.75) is 49.1 Å². The maximum Gasteiger partial charge on any atom is 0.481 e. The van der Waals surface area contributed by atoms with Gasteiger partial charge < -0.3 is 56.1 Å². The van der Waals surface area contributed by atoms with Gasteiger partial charge in [0.25, 0.3) is 0 Å². The standard InChI is InChI=1S/C27H32N8O15P2/c28-23-17-25(32-10-31-23)35(11-33-17)27-22(40)20(38)16(49-27)9-47-52(44,45)50-51(42,43)46-8-15-19(37)21(39)26(48-15)34-6-3-13(14(7-34)24(29)41)18(36)12-1-4-30-5-2-12/h1-7,10-11,13,15-16,19-22,26-27,37-40H,8-9H2,(H2,29,41)(H,42,43)(H,44,45)(H2,28,31,32)/t13-,15+,16+,19+,20+,21+,22+,26+,27+/m0/s1. The fourth-order valence-corrected chi connectivity index (χ4v) is 7.74. The van der Waals surface area contributed by atoms with Gasteiger partial charge >= 0.3 is 15.6 Å². The van der Waals surface area contributed by atoms with Crippen molar-refractivity contribution in [1.29, 1.82) is 0 Å². The van der Waals surface area contributed by atoms with Gasteiger partial charge in [0.1, 0.15) is 48.5 Å². The van der Waals surface area contributed by atoms with E-state index in [4.69, 9.17) is 30.0 Å². The zero-order valence-electron chi connectivity index (χ0n) is 26.4. The average Bonchev–Trinajstić information content (AvgIpc) is 3.75. The number of ketones is 1. The first-order chi connectivity index (χ1) is 24.6. The van der Waals surface area contributed by atoms with Crippen molar-refractivity contribution in [3.05, 3.63) is 66.8 Å². The topological polar surface area (TPSA) is 348 Å². The van der Waals surface area contributed by atoms with Crippen LogP contribution in [0.25, 0.3) is 11.2 Å². The van der Waals surface area contributed by atoms with Gasteiger partial charge in [-0.25, -0.2) is 24.1 Å². The molecule has 0 aromatic carbocycles. The van der Waals surface area contributed by atoms with Gasteiger partial charge in [-0.2, -0.15) is 4.31 Å². The monoisotopic (exact) mass is 770 g/mol. The first-order valence-corrected chi connectivity index (χ1v) is 18.1. The lowest BCUT2D eigenvalue weighted by Gasteiger charge is -2.31. The summed E-state index contributed by atoms with van der Waals surface area (Å²) in [6.07, 6.45) is -3.56. The summed E-state index contributed by atoms with van der Waals surface area (Å²) in [5, 5.41) is 42.3. The Kier molecular flexibility index (Phi) is 10.7.